The number of carbonyl (C=O) groups is 1. The van der Waals surface area contributed by atoms with Crippen molar-refractivity contribution in [3.8, 4) is 28.0 Å². The highest BCUT2D eigenvalue weighted by Crippen LogP contribution is 2.37. The molecule has 5 aromatic rings. The second-order valence-corrected chi connectivity index (χ2v) is 11.3. The minimum atomic E-state index is -3.31. The maximum Gasteiger partial charge on any atom is 0.369 e. The van der Waals surface area contributed by atoms with Gasteiger partial charge in [0.05, 0.1) is 22.7 Å². The van der Waals surface area contributed by atoms with Gasteiger partial charge >= 0.3 is 5.97 Å². The number of aromatic amines is 1. The van der Waals surface area contributed by atoms with E-state index >= 15 is 0 Å². The third kappa shape index (κ3) is 5.68. The van der Waals surface area contributed by atoms with Gasteiger partial charge in [0.15, 0.2) is 14.8 Å². The molecule has 0 aliphatic rings. The molecule has 1 N–H and O–H groups in total. The summed E-state index contributed by atoms with van der Waals surface area (Å²) in [6, 6.07) is 21.4. The average Bonchev–Trinajstić information content (AvgIpc) is 3.56. The Bertz CT molecular complexity index is 1690. The maximum absolute atomic E-state index is 12.0. The molecule has 9 nitrogen and oxygen atoms in total. The van der Waals surface area contributed by atoms with Crippen LogP contribution in [-0.4, -0.2) is 42.4 Å². The van der Waals surface area contributed by atoms with Crippen molar-refractivity contribution in [2.24, 2.45) is 0 Å². The van der Waals surface area contributed by atoms with Gasteiger partial charge in [-0.2, -0.15) is 0 Å². The first-order valence-corrected chi connectivity index (χ1v) is 14.3. The predicted molar refractivity (Wildman–Crippen MR) is 144 cm³/mol. The lowest BCUT2D eigenvalue weighted by Gasteiger charge is -2.11. The quantitative estimate of drug-likeness (QED) is 0.235. The summed E-state index contributed by atoms with van der Waals surface area (Å²) < 4.78 is 40.8. The van der Waals surface area contributed by atoms with Gasteiger partial charge in [0, 0.05) is 17.7 Å². The van der Waals surface area contributed by atoms with Crippen LogP contribution < -0.4 is 9.47 Å². The summed E-state index contributed by atoms with van der Waals surface area (Å²) in [7, 11) is -3.31. The Balaban J connectivity index is 1.49. The molecule has 0 atom stereocenters. The zero-order chi connectivity index (χ0) is 26.7. The number of rotatable bonds is 9. The van der Waals surface area contributed by atoms with Crippen LogP contribution in [-0.2, 0) is 21.2 Å². The van der Waals surface area contributed by atoms with Crippen LogP contribution in [0.15, 0.2) is 77.7 Å². The summed E-state index contributed by atoms with van der Waals surface area (Å²) in [6.45, 7) is 2.32. The third-order valence-corrected chi connectivity index (χ3v) is 7.56. The molecule has 194 valence electrons. The van der Waals surface area contributed by atoms with Gasteiger partial charge in [0.25, 0.3) is 0 Å². The first-order valence-electron chi connectivity index (χ1n) is 11.6. The lowest BCUT2D eigenvalue weighted by molar-refractivity contribution is 0.0525. The Morgan fingerprint density at radius 2 is 1.74 bits per heavy atom. The van der Waals surface area contributed by atoms with E-state index in [1.165, 1.54) is 12.1 Å². The molecule has 0 fully saturated rings. The highest BCUT2D eigenvalue weighted by molar-refractivity contribution is 7.90. The summed E-state index contributed by atoms with van der Waals surface area (Å²) in [5.41, 5.74) is 2.38. The molecule has 38 heavy (non-hydrogen) atoms. The maximum atomic E-state index is 12.0. The number of H-pyrrole nitrogens is 1. The average molecular weight is 550 g/mol. The smallest absolute Gasteiger partial charge is 0.369 e. The summed E-state index contributed by atoms with van der Waals surface area (Å²) in [5, 5.41) is 9.58. The standard InChI is InChI=1S/C27H23N3O6S2/c1-3-34-27(31)26-30-29-25(37-26)22-14-18-13-20(36-19-9-11-21(12-10-19)38(2,32)33)15-23(24(18)28-22)35-16-17-7-5-4-6-8-17/h4-15,28H,3,16H2,1-2H3. The number of nitrogens with zero attached hydrogens (tertiary/aromatic N) is 2. The van der Waals surface area contributed by atoms with Crippen LogP contribution in [0.4, 0.5) is 0 Å². The number of aromatic nitrogens is 3. The predicted octanol–water partition coefficient (Wildman–Crippen LogP) is 5.64. The van der Waals surface area contributed by atoms with E-state index in [0.29, 0.717) is 34.6 Å². The molecule has 11 heteroatoms. The molecule has 0 saturated heterocycles. The van der Waals surface area contributed by atoms with Crippen molar-refractivity contribution in [2.45, 2.75) is 18.4 Å². The van der Waals surface area contributed by atoms with Crippen LogP contribution in [0, 0.1) is 0 Å². The van der Waals surface area contributed by atoms with Crippen LogP contribution in [0.1, 0.15) is 22.3 Å². The van der Waals surface area contributed by atoms with E-state index in [0.717, 1.165) is 34.1 Å². The molecule has 0 amide bonds. The molecule has 5 rings (SSSR count). The summed E-state index contributed by atoms with van der Waals surface area (Å²) in [4.78, 5) is 15.6. The Morgan fingerprint density at radius 3 is 2.45 bits per heavy atom. The van der Waals surface area contributed by atoms with Crippen LogP contribution in [0.25, 0.3) is 21.6 Å². The Morgan fingerprint density at radius 1 is 0.974 bits per heavy atom. The largest absolute Gasteiger partial charge is 0.487 e. The number of benzene rings is 3. The van der Waals surface area contributed by atoms with E-state index in [2.05, 4.69) is 15.2 Å². The Hall–Kier alpha value is -4.22. The topological polar surface area (TPSA) is 120 Å². The van der Waals surface area contributed by atoms with E-state index in [1.54, 1.807) is 25.1 Å². The molecule has 3 aromatic carbocycles. The second kappa shape index (κ2) is 10.6. The molecule has 2 heterocycles. The third-order valence-electron chi connectivity index (χ3n) is 5.50. The Kier molecular flexibility index (Phi) is 7.12. The van der Waals surface area contributed by atoms with Crippen LogP contribution in [0.5, 0.6) is 17.2 Å². The van der Waals surface area contributed by atoms with Crippen molar-refractivity contribution in [3.05, 3.63) is 83.4 Å². The van der Waals surface area contributed by atoms with Gasteiger partial charge in [-0.05, 0) is 48.9 Å². The van der Waals surface area contributed by atoms with Crippen LogP contribution >= 0.6 is 11.3 Å². The van der Waals surface area contributed by atoms with E-state index in [4.69, 9.17) is 14.2 Å². The first-order chi connectivity index (χ1) is 18.3. The molecule has 0 aliphatic carbocycles. The van der Waals surface area contributed by atoms with Crippen molar-refractivity contribution in [1.82, 2.24) is 15.2 Å². The highest BCUT2D eigenvalue weighted by atomic mass is 32.2. The number of sulfone groups is 1. The molecule has 0 radical (unpaired) electrons. The van der Waals surface area contributed by atoms with Gasteiger partial charge in [-0.25, -0.2) is 13.2 Å². The van der Waals surface area contributed by atoms with Gasteiger partial charge in [0.1, 0.15) is 23.9 Å². The lowest BCUT2D eigenvalue weighted by Crippen LogP contribution is -2.03. The van der Waals surface area contributed by atoms with Crippen molar-refractivity contribution < 1.29 is 27.4 Å². The molecule has 0 spiro atoms. The summed E-state index contributed by atoms with van der Waals surface area (Å²) >= 11 is 1.13. The highest BCUT2D eigenvalue weighted by Gasteiger charge is 2.18. The van der Waals surface area contributed by atoms with E-state index in [1.807, 2.05) is 42.5 Å². The molecular weight excluding hydrogens is 526 g/mol. The van der Waals surface area contributed by atoms with Crippen molar-refractivity contribution in [2.75, 3.05) is 12.9 Å². The summed E-state index contributed by atoms with van der Waals surface area (Å²) in [6.07, 6.45) is 1.16. The van der Waals surface area contributed by atoms with Gasteiger partial charge in [0.2, 0.25) is 5.01 Å². The second-order valence-electron chi connectivity index (χ2n) is 8.32. The Labute approximate surface area is 222 Å². The van der Waals surface area contributed by atoms with E-state index in [9.17, 15) is 13.2 Å². The van der Waals surface area contributed by atoms with E-state index in [-0.39, 0.29) is 16.5 Å². The number of hydrogen-bond acceptors (Lipinski definition) is 9. The molecule has 0 saturated carbocycles. The molecular formula is C27H23N3O6S2. The zero-order valence-electron chi connectivity index (χ0n) is 20.5. The first kappa shape index (κ1) is 25.4. The monoisotopic (exact) mass is 549 g/mol. The lowest BCUT2D eigenvalue weighted by atomic mass is 10.2. The SMILES string of the molecule is CCOC(=O)c1nnc(-c2cc3cc(Oc4ccc(S(C)(=O)=O)cc4)cc(OCc4ccccc4)c3[nH]2)s1. The van der Waals surface area contributed by atoms with Crippen LogP contribution in [0.2, 0.25) is 0 Å². The minimum absolute atomic E-state index is 0.169. The van der Waals surface area contributed by atoms with Gasteiger partial charge in [-0.1, -0.05) is 41.7 Å². The number of ether oxygens (including phenoxy) is 3. The van der Waals surface area contributed by atoms with Gasteiger partial charge in [-0.3, -0.25) is 0 Å². The fourth-order valence-corrected chi connectivity index (χ4v) is 5.05. The fraction of sp³-hybridized carbons (Fsp3) is 0.148. The molecule has 0 unspecified atom stereocenters. The molecule has 0 aliphatic heterocycles. The van der Waals surface area contributed by atoms with Gasteiger partial charge < -0.3 is 19.2 Å². The zero-order valence-corrected chi connectivity index (χ0v) is 22.1. The normalized spacial score (nSPS) is 11.4. The van der Waals surface area contributed by atoms with Crippen molar-refractivity contribution in [1.29, 1.82) is 0 Å². The number of carbonyl (C=O) groups excluding carboxylic acids is 1. The number of nitrogens with one attached hydrogen (secondary N) is 1. The van der Waals surface area contributed by atoms with E-state index < -0.39 is 15.8 Å². The summed E-state index contributed by atoms with van der Waals surface area (Å²) in [5.74, 6) is 1.01. The van der Waals surface area contributed by atoms with Crippen molar-refractivity contribution >= 4 is 38.0 Å². The number of fused-ring (bicyclic) bond motifs is 1. The minimum Gasteiger partial charge on any atom is -0.487 e. The fourth-order valence-electron chi connectivity index (χ4n) is 3.71. The number of esters is 1. The van der Waals surface area contributed by atoms with Gasteiger partial charge in [-0.15, -0.1) is 10.2 Å². The number of hydrogen-bond donors (Lipinski definition) is 1. The molecule has 2 aromatic heterocycles. The van der Waals surface area contributed by atoms with Crippen molar-refractivity contribution in [3.63, 3.8) is 0 Å². The van der Waals surface area contributed by atoms with Crippen LogP contribution in [0.3, 0.4) is 0 Å². The molecule has 0 bridgehead atoms.